The molecule has 0 aliphatic rings. The summed E-state index contributed by atoms with van der Waals surface area (Å²) in [6.07, 6.45) is 1.45. The largest absolute Gasteiger partial charge is 0.326 e. The molecule has 23 heavy (non-hydrogen) atoms. The van der Waals surface area contributed by atoms with Gasteiger partial charge in [-0.1, -0.05) is 13.8 Å². The smallest absolute Gasteiger partial charge is 0.269 e. The third kappa shape index (κ3) is 6.88. The summed E-state index contributed by atoms with van der Waals surface area (Å²) in [4.78, 5) is 34.5. The van der Waals surface area contributed by atoms with Crippen LogP contribution in [0.1, 0.15) is 43.5 Å². The summed E-state index contributed by atoms with van der Waals surface area (Å²) >= 11 is 4.89. The van der Waals surface area contributed by atoms with E-state index >= 15 is 0 Å². The van der Waals surface area contributed by atoms with Gasteiger partial charge in [-0.25, -0.2) is 0 Å². The van der Waals surface area contributed by atoms with Gasteiger partial charge in [-0.05, 0) is 42.9 Å². The standard InChI is InChI=1S/C15H20N4O3S/c1-3-5-13(21)17-15(23)19-18-14(22)10-6-8-11(9-7-10)16-12(20)4-2/h6-9H,3-5H2,1-2H3,(H,16,20)(H,18,22)(H2,17,19,21,23). The van der Waals surface area contributed by atoms with E-state index in [1.807, 2.05) is 6.92 Å². The molecule has 8 heteroatoms. The lowest BCUT2D eigenvalue weighted by Gasteiger charge is -2.11. The van der Waals surface area contributed by atoms with Crippen LogP contribution in [0.4, 0.5) is 5.69 Å². The summed E-state index contributed by atoms with van der Waals surface area (Å²) in [5.41, 5.74) is 5.84. The Hall–Kier alpha value is -2.48. The van der Waals surface area contributed by atoms with Crippen LogP contribution in [0.3, 0.4) is 0 Å². The van der Waals surface area contributed by atoms with Crippen molar-refractivity contribution in [1.82, 2.24) is 16.2 Å². The van der Waals surface area contributed by atoms with Crippen LogP contribution >= 0.6 is 12.2 Å². The number of benzene rings is 1. The van der Waals surface area contributed by atoms with Crippen molar-refractivity contribution < 1.29 is 14.4 Å². The molecule has 0 atom stereocenters. The third-order valence-electron chi connectivity index (χ3n) is 2.77. The molecule has 0 saturated carbocycles. The highest BCUT2D eigenvalue weighted by Crippen LogP contribution is 2.09. The van der Waals surface area contributed by atoms with Gasteiger partial charge in [0.25, 0.3) is 5.91 Å². The average molecular weight is 336 g/mol. The molecule has 0 spiro atoms. The third-order valence-corrected chi connectivity index (χ3v) is 2.98. The summed E-state index contributed by atoms with van der Waals surface area (Å²) in [5.74, 6) is -0.724. The zero-order chi connectivity index (χ0) is 17.2. The van der Waals surface area contributed by atoms with Crippen molar-refractivity contribution in [3.63, 3.8) is 0 Å². The van der Waals surface area contributed by atoms with E-state index in [2.05, 4.69) is 21.5 Å². The maximum Gasteiger partial charge on any atom is 0.269 e. The topological polar surface area (TPSA) is 99.3 Å². The Bertz CT molecular complexity index is 587. The van der Waals surface area contributed by atoms with Crippen LogP contribution in [0.25, 0.3) is 0 Å². The van der Waals surface area contributed by atoms with E-state index in [9.17, 15) is 14.4 Å². The van der Waals surface area contributed by atoms with Gasteiger partial charge in [0.05, 0.1) is 0 Å². The Morgan fingerprint density at radius 3 is 2.22 bits per heavy atom. The van der Waals surface area contributed by atoms with E-state index in [4.69, 9.17) is 12.2 Å². The number of anilines is 1. The SMILES string of the molecule is CCCC(=O)NC(=S)NNC(=O)c1ccc(NC(=O)CC)cc1. The van der Waals surface area contributed by atoms with E-state index in [1.54, 1.807) is 31.2 Å². The second kappa shape index (κ2) is 9.52. The fourth-order valence-corrected chi connectivity index (χ4v) is 1.75. The minimum Gasteiger partial charge on any atom is -0.326 e. The molecule has 1 aromatic carbocycles. The van der Waals surface area contributed by atoms with Gasteiger partial charge >= 0.3 is 0 Å². The van der Waals surface area contributed by atoms with E-state index in [0.717, 1.165) is 0 Å². The first kappa shape index (κ1) is 18.6. The van der Waals surface area contributed by atoms with Crippen LogP contribution in [-0.4, -0.2) is 22.8 Å². The Morgan fingerprint density at radius 1 is 1.00 bits per heavy atom. The highest BCUT2D eigenvalue weighted by molar-refractivity contribution is 7.80. The first-order valence-electron chi connectivity index (χ1n) is 7.26. The van der Waals surface area contributed by atoms with E-state index in [-0.39, 0.29) is 16.9 Å². The van der Waals surface area contributed by atoms with Crippen LogP contribution in [0.2, 0.25) is 0 Å². The molecule has 3 amide bonds. The number of thiocarbonyl (C=S) groups is 1. The molecule has 4 N–H and O–H groups in total. The van der Waals surface area contributed by atoms with Gasteiger partial charge in [0, 0.05) is 24.1 Å². The molecule has 0 heterocycles. The van der Waals surface area contributed by atoms with Gasteiger partial charge in [-0.3, -0.25) is 25.2 Å². The summed E-state index contributed by atoms with van der Waals surface area (Å²) in [6.45, 7) is 3.63. The number of carbonyl (C=O) groups is 3. The van der Waals surface area contributed by atoms with Gasteiger partial charge in [0.2, 0.25) is 11.8 Å². The van der Waals surface area contributed by atoms with Gasteiger partial charge in [-0.15, -0.1) is 0 Å². The van der Waals surface area contributed by atoms with Gasteiger partial charge in [0.1, 0.15) is 0 Å². The van der Waals surface area contributed by atoms with Crippen LogP contribution in [0, 0.1) is 0 Å². The second-order valence-corrected chi connectivity index (χ2v) is 5.09. The number of hydrogen-bond acceptors (Lipinski definition) is 4. The normalized spacial score (nSPS) is 9.65. The molecule has 1 rings (SSSR count). The van der Waals surface area contributed by atoms with Crippen molar-refractivity contribution in [3.05, 3.63) is 29.8 Å². The molecule has 0 bridgehead atoms. The first-order chi connectivity index (χ1) is 11.0. The summed E-state index contributed by atoms with van der Waals surface area (Å²) in [6, 6.07) is 6.40. The van der Waals surface area contributed by atoms with E-state index < -0.39 is 5.91 Å². The quantitative estimate of drug-likeness (QED) is 0.482. The molecule has 0 saturated heterocycles. The zero-order valence-electron chi connectivity index (χ0n) is 13.1. The predicted molar refractivity (Wildman–Crippen MR) is 91.6 cm³/mol. The highest BCUT2D eigenvalue weighted by Gasteiger charge is 2.08. The lowest BCUT2D eigenvalue weighted by Crippen LogP contribution is -2.48. The van der Waals surface area contributed by atoms with E-state index in [1.165, 1.54) is 0 Å². The number of hydrogen-bond donors (Lipinski definition) is 4. The molecular formula is C15H20N4O3S. The predicted octanol–water partition coefficient (Wildman–Crippen LogP) is 1.47. The van der Waals surface area contributed by atoms with Gasteiger partial charge in [0.15, 0.2) is 5.11 Å². The fourth-order valence-electron chi connectivity index (χ4n) is 1.59. The molecule has 0 aliphatic carbocycles. The number of amides is 3. The second-order valence-electron chi connectivity index (χ2n) is 4.69. The van der Waals surface area contributed by atoms with Crippen LogP contribution in [-0.2, 0) is 9.59 Å². The Balaban J connectivity index is 2.47. The molecule has 0 aliphatic heterocycles. The molecule has 0 unspecified atom stereocenters. The van der Waals surface area contributed by atoms with Crippen LogP contribution in [0.5, 0.6) is 0 Å². The molecule has 0 fully saturated rings. The average Bonchev–Trinajstić information content (AvgIpc) is 2.53. The Morgan fingerprint density at radius 2 is 1.65 bits per heavy atom. The summed E-state index contributed by atoms with van der Waals surface area (Å²) in [7, 11) is 0. The lowest BCUT2D eigenvalue weighted by molar-refractivity contribution is -0.119. The minimum atomic E-state index is -0.412. The zero-order valence-corrected chi connectivity index (χ0v) is 13.9. The molecule has 1 aromatic rings. The Labute approximate surface area is 140 Å². The van der Waals surface area contributed by atoms with Gasteiger partial charge < -0.3 is 10.6 Å². The molecule has 0 radical (unpaired) electrons. The summed E-state index contributed by atoms with van der Waals surface area (Å²) < 4.78 is 0. The lowest BCUT2D eigenvalue weighted by atomic mass is 10.2. The highest BCUT2D eigenvalue weighted by atomic mass is 32.1. The van der Waals surface area contributed by atoms with Crippen molar-refractivity contribution in [2.45, 2.75) is 33.1 Å². The number of hydrazine groups is 1. The van der Waals surface area contributed by atoms with Crippen molar-refractivity contribution in [3.8, 4) is 0 Å². The maximum absolute atomic E-state index is 11.9. The number of carbonyl (C=O) groups excluding carboxylic acids is 3. The van der Waals surface area contributed by atoms with Crippen molar-refractivity contribution in [1.29, 1.82) is 0 Å². The maximum atomic E-state index is 11.9. The van der Waals surface area contributed by atoms with Crippen molar-refractivity contribution >= 4 is 40.7 Å². The van der Waals surface area contributed by atoms with Crippen LogP contribution in [0.15, 0.2) is 24.3 Å². The van der Waals surface area contributed by atoms with Crippen molar-refractivity contribution in [2.75, 3.05) is 5.32 Å². The monoisotopic (exact) mass is 336 g/mol. The van der Waals surface area contributed by atoms with Crippen LogP contribution < -0.4 is 21.5 Å². The van der Waals surface area contributed by atoms with Gasteiger partial charge in [-0.2, -0.15) is 0 Å². The molecular weight excluding hydrogens is 316 g/mol. The first-order valence-corrected chi connectivity index (χ1v) is 7.67. The minimum absolute atomic E-state index is 0.0311. The summed E-state index contributed by atoms with van der Waals surface area (Å²) in [5, 5.41) is 5.16. The Kier molecular flexibility index (Phi) is 7.69. The van der Waals surface area contributed by atoms with Crippen molar-refractivity contribution in [2.24, 2.45) is 0 Å². The molecule has 124 valence electrons. The number of rotatable bonds is 5. The number of nitrogens with one attached hydrogen (secondary N) is 4. The molecule has 7 nitrogen and oxygen atoms in total. The molecule has 0 aromatic heterocycles. The van der Waals surface area contributed by atoms with E-state index in [0.29, 0.717) is 30.5 Å². The fraction of sp³-hybridized carbons (Fsp3) is 0.333.